The number of benzene rings is 1. The van der Waals surface area contributed by atoms with E-state index in [9.17, 15) is 14.9 Å². The molecule has 1 aliphatic rings. The first kappa shape index (κ1) is 19.9. The molecule has 1 heterocycles. The van der Waals surface area contributed by atoms with Gasteiger partial charge in [-0.15, -0.1) is 0 Å². The molecule has 26 heavy (non-hydrogen) atoms. The predicted molar refractivity (Wildman–Crippen MR) is 97.6 cm³/mol. The molecule has 0 aromatic heterocycles. The first-order chi connectivity index (χ1) is 12.5. The van der Waals surface area contributed by atoms with Crippen LogP contribution in [-0.2, 0) is 14.3 Å². The van der Waals surface area contributed by atoms with Gasteiger partial charge in [-0.3, -0.25) is 9.59 Å². The first-order valence-electron chi connectivity index (χ1n) is 8.09. The van der Waals surface area contributed by atoms with Crippen molar-refractivity contribution in [3.8, 4) is 17.6 Å². The fraction of sp³-hybridized carbons (Fsp3) is 0.389. The summed E-state index contributed by atoms with van der Waals surface area (Å²) >= 11 is 3.34. The Kier molecular flexibility index (Phi) is 7.18. The Morgan fingerprint density at radius 1 is 1.38 bits per heavy atom. The molecule has 1 saturated heterocycles. The van der Waals surface area contributed by atoms with Crippen molar-refractivity contribution in [3.63, 3.8) is 0 Å². The van der Waals surface area contributed by atoms with Gasteiger partial charge in [-0.1, -0.05) is 0 Å². The van der Waals surface area contributed by atoms with Gasteiger partial charge in [-0.2, -0.15) is 5.26 Å². The van der Waals surface area contributed by atoms with Crippen molar-refractivity contribution < 1.29 is 23.8 Å². The van der Waals surface area contributed by atoms with E-state index in [0.29, 0.717) is 48.7 Å². The minimum absolute atomic E-state index is 0.0153. The van der Waals surface area contributed by atoms with Crippen LogP contribution in [0.15, 0.2) is 22.2 Å². The van der Waals surface area contributed by atoms with Crippen molar-refractivity contribution in [2.75, 3.05) is 32.9 Å². The summed E-state index contributed by atoms with van der Waals surface area (Å²) in [6, 6.07) is 5.23. The zero-order valence-corrected chi connectivity index (χ0v) is 16.2. The van der Waals surface area contributed by atoms with E-state index >= 15 is 0 Å². The van der Waals surface area contributed by atoms with Gasteiger partial charge < -0.3 is 19.1 Å². The largest absolute Gasteiger partial charge is 0.490 e. The molecule has 1 fully saturated rings. The van der Waals surface area contributed by atoms with E-state index in [0.717, 1.165) is 0 Å². The highest BCUT2D eigenvalue weighted by Crippen LogP contribution is 2.37. The quantitative estimate of drug-likeness (QED) is 0.313. The summed E-state index contributed by atoms with van der Waals surface area (Å²) in [5.74, 6) is -0.210. The third-order valence-electron chi connectivity index (χ3n) is 3.54. The van der Waals surface area contributed by atoms with Gasteiger partial charge in [-0.05, 0) is 46.6 Å². The zero-order valence-electron chi connectivity index (χ0n) is 14.6. The molecule has 0 N–H and O–H groups in total. The molecule has 1 aromatic rings. The van der Waals surface area contributed by atoms with Gasteiger partial charge in [-0.25, -0.2) is 0 Å². The van der Waals surface area contributed by atoms with Gasteiger partial charge in [0.2, 0.25) is 0 Å². The molecule has 0 spiro atoms. The Hall–Kier alpha value is -2.37. The van der Waals surface area contributed by atoms with E-state index in [1.165, 1.54) is 13.0 Å². The topological polar surface area (TPSA) is 88.9 Å². The molecule has 0 aliphatic carbocycles. The molecule has 1 aromatic carbocycles. The van der Waals surface area contributed by atoms with Crippen LogP contribution in [0.5, 0.6) is 11.5 Å². The summed E-state index contributed by atoms with van der Waals surface area (Å²) in [5.41, 5.74) is 0.593. The van der Waals surface area contributed by atoms with Gasteiger partial charge in [0.15, 0.2) is 11.5 Å². The van der Waals surface area contributed by atoms with Crippen molar-refractivity contribution in [3.05, 3.63) is 27.7 Å². The average molecular weight is 423 g/mol. The molecule has 1 aliphatic heterocycles. The van der Waals surface area contributed by atoms with Crippen LogP contribution >= 0.6 is 15.9 Å². The lowest BCUT2D eigenvalue weighted by atomic mass is 10.1. The molecular formula is C18H19BrN2O5. The van der Waals surface area contributed by atoms with Crippen LogP contribution < -0.4 is 9.47 Å². The van der Waals surface area contributed by atoms with Gasteiger partial charge >= 0.3 is 5.97 Å². The number of rotatable bonds is 5. The normalized spacial score (nSPS) is 14.5. The maximum atomic E-state index is 12.5. The van der Waals surface area contributed by atoms with E-state index < -0.39 is 5.97 Å². The number of ether oxygens (including phenoxy) is 3. The van der Waals surface area contributed by atoms with Crippen LogP contribution in [0.3, 0.4) is 0 Å². The third-order valence-corrected chi connectivity index (χ3v) is 4.13. The molecular weight excluding hydrogens is 404 g/mol. The Bertz CT molecular complexity index is 764. The van der Waals surface area contributed by atoms with E-state index in [4.69, 9.17) is 14.2 Å². The molecule has 0 bridgehead atoms. The fourth-order valence-electron chi connectivity index (χ4n) is 2.42. The summed E-state index contributed by atoms with van der Waals surface area (Å²) in [6.07, 6.45) is 1.49. The average Bonchev–Trinajstić information content (AvgIpc) is 2.62. The fourth-order valence-corrected chi connectivity index (χ4v) is 2.96. The predicted octanol–water partition coefficient (Wildman–Crippen LogP) is 2.54. The van der Waals surface area contributed by atoms with E-state index in [-0.39, 0.29) is 17.2 Å². The second-order valence-electron chi connectivity index (χ2n) is 5.43. The van der Waals surface area contributed by atoms with Crippen molar-refractivity contribution in [2.24, 2.45) is 0 Å². The lowest BCUT2D eigenvalue weighted by Crippen LogP contribution is -2.41. The van der Waals surface area contributed by atoms with E-state index in [1.807, 2.05) is 6.07 Å². The highest BCUT2D eigenvalue weighted by molar-refractivity contribution is 9.10. The number of carbonyl (C=O) groups is 2. The standard InChI is InChI=1S/C18H19BrN2O5/c1-3-25-16-10-13(9-15(19)17(16)26-12(2)22)8-14(11-20)18(23)21-4-6-24-7-5-21/h8-10H,3-7H2,1-2H3/b14-8+. The van der Waals surface area contributed by atoms with Gasteiger partial charge in [0.1, 0.15) is 11.6 Å². The van der Waals surface area contributed by atoms with Gasteiger partial charge in [0.05, 0.1) is 24.3 Å². The number of esters is 1. The monoisotopic (exact) mass is 422 g/mol. The van der Waals surface area contributed by atoms with Gasteiger partial charge in [0, 0.05) is 20.0 Å². The molecule has 7 nitrogen and oxygen atoms in total. The van der Waals surface area contributed by atoms with Crippen LogP contribution in [0.2, 0.25) is 0 Å². The number of nitriles is 1. The zero-order chi connectivity index (χ0) is 19.1. The van der Waals surface area contributed by atoms with Gasteiger partial charge in [0.25, 0.3) is 5.91 Å². The highest BCUT2D eigenvalue weighted by atomic mass is 79.9. The Morgan fingerprint density at radius 2 is 2.08 bits per heavy atom. The van der Waals surface area contributed by atoms with Crippen molar-refractivity contribution in [1.82, 2.24) is 4.90 Å². The van der Waals surface area contributed by atoms with Crippen LogP contribution in [-0.4, -0.2) is 49.7 Å². The van der Waals surface area contributed by atoms with Crippen LogP contribution in [0, 0.1) is 11.3 Å². The smallest absolute Gasteiger partial charge is 0.308 e. The van der Waals surface area contributed by atoms with Crippen LogP contribution in [0.1, 0.15) is 19.4 Å². The maximum absolute atomic E-state index is 12.5. The second-order valence-corrected chi connectivity index (χ2v) is 6.29. The van der Waals surface area contributed by atoms with Crippen molar-refractivity contribution >= 4 is 33.9 Å². The Balaban J connectivity index is 2.36. The number of hydrogen-bond acceptors (Lipinski definition) is 6. The first-order valence-corrected chi connectivity index (χ1v) is 8.89. The molecule has 1 amide bonds. The number of halogens is 1. The van der Waals surface area contributed by atoms with Crippen LogP contribution in [0.25, 0.3) is 6.08 Å². The minimum Gasteiger partial charge on any atom is -0.490 e. The minimum atomic E-state index is -0.477. The number of nitrogens with zero attached hydrogens (tertiary/aromatic N) is 2. The van der Waals surface area contributed by atoms with Crippen LogP contribution in [0.4, 0.5) is 0 Å². The molecule has 0 saturated carbocycles. The Labute approximate surface area is 160 Å². The lowest BCUT2D eigenvalue weighted by molar-refractivity contribution is -0.132. The summed E-state index contributed by atoms with van der Waals surface area (Å²) < 4.78 is 16.4. The van der Waals surface area contributed by atoms with Crippen molar-refractivity contribution in [2.45, 2.75) is 13.8 Å². The molecule has 0 radical (unpaired) electrons. The maximum Gasteiger partial charge on any atom is 0.308 e. The highest BCUT2D eigenvalue weighted by Gasteiger charge is 2.21. The molecule has 0 atom stereocenters. The number of amides is 1. The SMILES string of the molecule is CCOc1cc(/C=C(\C#N)C(=O)N2CCOCC2)cc(Br)c1OC(C)=O. The molecule has 8 heteroatoms. The summed E-state index contributed by atoms with van der Waals surface area (Å²) in [7, 11) is 0. The Morgan fingerprint density at radius 3 is 2.65 bits per heavy atom. The number of hydrogen-bond donors (Lipinski definition) is 0. The molecule has 2 rings (SSSR count). The number of morpholine rings is 1. The summed E-state index contributed by atoms with van der Waals surface area (Å²) in [6.45, 7) is 5.30. The van der Waals surface area contributed by atoms with E-state index in [1.54, 1.807) is 24.0 Å². The lowest BCUT2D eigenvalue weighted by Gasteiger charge is -2.26. The third kappa shape index (κ3) is 5.07. The van der Waals surface area contributed by atoms with E-state index in [2.05, 4.69) is 15.9 Å². The molecule has 0 unspecified atom stereocenters. The summed E-state index contributed by atoms with van der Waals surface area (Å²) in [5, 5.41) is 9.39. The van der Waals surface area contributed by atoms with Crippen molar-refractivity contribution in [1.29, 1.82) is 5.26 Å². The summed E-state index contributed by atoms with van der Waals surface area (Å²) in [4.78, 5) is 25.4. The molecule has 138 valence electrons. The number of carbonyl (C=O) groups excluding carboxylic acids is 2. The second kappa shape index (κ2) is 9.36.